The van der Waals surface area contributed by atoms with Gasteiger partial charge in [-0.3, -0.25) is 4.98 Å². The van der Waals surface area contributed by atoms with Crippen LogP contribution in [0.2, 0.25) is 0 Å². The first kappa shape index (κ1) is 18.9. The van der Waals surface area contributed by atoms with Crippen LogP contribution in [-0.4, -0.2) is 37.6 Å². The van der Waals surface area contributed by atoms with E-state index in [1.165, 1.54) is 16.9 Å². The summed E-state index contributed by atoms with van der Waals surface area (Å²) in [7, 11) is 0. The van der Waals surface area contributed by atoms with E-state index in [4.69, 9.17) is 9.47 Å². The number of hydrogen-bond donors (Lipinski definition) is 0. The molecule has 7 heteroatoms. The molecular formula is C22H26N4O2S. The van der Waals surface area contributed by atoms with Gasteiger partial charge in [-0.05, 0) is 61.3 Å². The van der Waals surface area contributed by atoms with Crippen molar-refractivity contribution in [3.8, 4) is 5.75 Å². The molecule has 29 heavy (non-hydrogen) atoms. The molecule has 2 aromatic heterocycles. The van der Waals surface area contributed by atoms with E-state index in [0.717, 1.165) is 48.2 Å². The second-order valence-electron chi connectivity index (χ2n) is 7.99. The zero-order chi connectivity index (χ0) is 19.8. The number of thioether (sulfide) groups is 1. The molecule has 6 nitrogen and oxygen atoms in total. The summed E-state index contributed by atoms with van der Waals surface area (Å²) in [4.78, 5) is 4.57. The monoisotopic (exact) mass is 410 g/mol. The van der Waals surface area contributed by atoms with Gasteiger partial charge in [0.05, 0.1) is 31.0 Å². The number of rotatable bonds is 4. The van der Waals surface area contributed by atoms with Gasteiger partial charge in [0, 0.05) is 16.8 Å². The average molecular weight is 411 g/mol. The number of hydrogen-bond acceptors (Lipinski definition) is 6. The smallest absolute Gasteiger partial charge is 0.141 e. The van der Waals surface area contributed by atoms with E-state index >= 15 is 0 Å². The molecule has 1 aromatic carbocycles. The van der Waals surface area contributed by atoms with Crippen molar-refractivity contribution in [2.45, 2.75) is 57.1 Å². The van der Waals surface area contributed by atoms with Crippen molar-refractivity contribution in [1.82, 2.24) is 20.0 Å². The summed E-state index contributed by atoms with van der Waals surface area (Å²) in [5.74, 6) is 2.03. The fourth-order valence-electron chi connectivity index (χ4n) is 4.25. The minimum Gasteiger partial charge on any atom is -0.484 e. The Morgan fingerprint density at radius 3 is 3.17 bits per heavy atom. The van der Waals surface area contributed by atoms with Gasteiger partial charge in [0.2, 0.25) is 0 Å². The maximum absolute atomic E-state index is 6.24. The number of fused-ring (bicyclic) bond motifs is 3. The lowest BCUT2D eigenvalue weighted by Crippen LogP contribution is -2.20. The molecule has 0 radical (unpaired) electrons. The predicted octanol–water partition coefficient (Wildman–Crippen LogP) is 4.50. The number of pyridine rings is 1. The summed E-state index contributed by atoms with van der Waals surface area (Å²) in [5, 5.41) is 10.6. The molecule has 3 aromatic rings. The van der Waals surface area contributed by atoms with Crippen molar-refractivity contribution in [3.05, 3.63) is 47.4 Å². The van der Waals surface area contributed by atoms with E-state index < -0.39 is 0 Å². The molecule has 2 aliphatic rings. The van der Waals surface area contributed by atoms with Crippen molar-refractivity contribution in [2.75, 3.05) is 12.4 Å². The first-order valence-corrected chi connectivity index (χ1v) is 11.4. The highest BCUT2D eigenvalue weighted by Gasteiger charge is 2.23. The third-order valence-electron chi connectivity index (χ3n) is 5.88. The third kappa shape index (κ3) is 3.85. The van der Waals surface area contributed by atoms with Crippen LogP contribution in [0.4, 0.5) is 0 Å². The van der Waals surface area contributed by atoms with Crippen molar-refractivity contribution in [1.29, 1.82) is 0 Å². The molecule has 0 saturated carbocycles. The average Bonchev–Trinajstić information content (AvgIpc) is 3.24. The van der Waals surface area contributed by atoms with Crippen LogP contribution >= 0.6 is 11.8 Å². The highest BCUT2D eigenvalue weighted by Crippen LogP contribution is 2.33. The second-order valence-corrected chi connectivity index (χ2v) is 9.53. The lowest BCUT2D eigenvalue weighted by molar-refractivity contribution is 0.111. The molecule has 0 amide bonds. The van der Waals surface area contributed by atoms with Gasteiger partial charge in [-0.25, -0.2) is 4.68 Å². The maximum atomic E-state index is 6.24. The summed E-state index contributed by atoms with van der Waals surface area (Å²) in [6, 6.07) is 6.57. The van der Waals surface area contributed by atoms with Gasteiger partial charge in [-0.1, -0.05) is 12.1 Å². The lowest BCUT2D eigenvalue weighted by Gasteiger charge is -2.26. The Hall–Kier alpha value is -2.12. The zero-order valence-corrected chi connectivity index (χ0v) is 17.7. The molecule has 0 spiro atoms. The number of aromatic nitrogens is 4. The Labute approximate surface area is 175 Å². The van der Waals surface area contributed by atoms with Crippen LogP contribution in [0.25, 0.3) is 10.9 Å². The molecule has 3 atom stereocenters. The highest BCUT2D eigenvalue weighted by atomic mass is 32.2. The van der Waals surface area contributed by atoms with Crippen molar-refractivity contribution < 1.29 is 9.47 Å². The van der Waals surface area contributed by atoms with Gasteiger partial charge >= 0.3 is 0 Å². The molecule has 4 heterocycles. The summed E-state index contributed by atoms with van der Waals surface area (Å²) < 4.78 is 13.8. The molecule has 5 rings (SSSR count). The van der Waals surface area contributed by atoms with Gasteiger partial charge in [-0.15, -0.1) is 5.10 Å². The molecule has 1 saturated heterocycles. The van der Waals surface area contributed by atoms with Crippen LogP contribution in [0.1, 0.15) is 55.7 Å². The van der Waals surface area contributed by atoms with E-state index in [1.54, 1.807) is 0 Å². The normalized spacial score (nSPS) is 23.0. The fourth-order valence-corrected chi connectivity index (χ4v) is 5.42. The second kappa shape index (κ2) is 7.95. The van der Waals surface area contributed by atoms with Gasteiger partial charge in [0.15, 0.2) is 0 Å². The van der Waals surface area contributed by atoms with E-state index in [0.29, 0.717) is 17.9 Å². The minimum absolute atomic E-state index is 0.160. The van der Waals surface area contributed by atoms with Crippen LogP contribution in [0.5, 0.6) is 5.75 Å². The Balaban J connectivity index is 1.35. The van der Waals surface area contributed by atoms with Crippen LogP contribution in [0.15, 0.2) is 30.6 Å². The predicted molar refractivity (Wildman–Crippen MR) is 114 cm³/mol. The zero-order valence-electron chi connectivity index (χ0n) is 16.9. The molecule has 1 fully saturated rings. The van der Waals surface area contributed by atoms with Crippen molar-refractivity contribution >= 4 is 22.7 Å². The Morgan fingerprint density at radius 1 is 1.34 bits per heavy atom. The summed E-state index contributed by atoms with van der Waals surface area (Å²) in [6.07, 6.45) is 7.05. The number of ether oxygens (including phenoxy) is 2. The number of nitrogens with zero attached hydrogens (tertiary/aromatic N) is 4. The van der Waals surface area contributed by atoms with Crippen molar-refractivity contribution in [3.63, 3.8) is 0 Å². The summed E-state index contributed by atoms with van der Waals surface area (Å²) in [5.41, 5.74) is 4.38. The Kier molecular flexibility index (Phi) is 5.18. The van der Waals surface area contributed by atoms with Gasteiger partial charge in [-0.2, -0.15) is 11.8 Å². The van der Waals surface area contributed by atoms with Gasteiger partial charge < -0.3 is 9.47 Å². The minimum atomic E-state index is -0.160. The highest BCUT2D eigenvalue weighted by molar-refractivity contribution is 7.99. The summed E-state index contributed by atoms with van der Waals surface area (Å²) in [6.45, 7) is 5.72. The van der Waals surface area contributed by atoms with Gasteiger partial charge in [0.1, 0.15) is 17.5 Å². The Bertz CT molecular complexity index is 1020. The van der Waals surface area contributed by atoms with Crippen molar-refractivity contribution in [2.24, 2.45) is 0 Å². The first-order valence-electron chi connectivity index (χ1n) is 10.4. The molecular weight excluding hydrogens is 384 g/mol. The molecule has 0 aliphatic carbocycles. The third-order valence-corrected chi connectivity index (χ3v) is 7.12. The van der Waals surface area contributed by atoms with Gasteiger partial charge in [0.25, 0.3) is 0 Å². The quantitative estimate of drug-likeness (QED) is 0.631. The van der Waals surface area contributed by atoms with E-state index in [-0.39, 0.29) is 6.10 Å². The SMILES string of the molecule is CC1CC(n2cc(C(C)Oc3ccc4ncc5c(c4c3)CCOC5)nn2)CCS1. The van der Waals surface area contributed by atoms with Crippen LogP contribution in [-0.2, 0) is 17.8 Å². The van der Waals surface area contributed by atoms with Crippen LogP contribution in [0, 0.1) is 0 Å². The van der Waals surface area contributed by atoms with Crippen LogP contribution < -0.4 is 4.74 Å². The van der Waals surface area contributed by atoms with E-state index in [9.17, 15) is 0 Å². The van der Waals surface area contributed by atoms with Crippen LogP contribution in [0.3, 0.4) is 0 Å². The molecule has 0 N–H and O–H groups in total. The standard InChI is InChI=1S/C22H26N4O2S/c1-14-9-17(6-8-29-14)26-12-22(24-25-26)15(2)28-18-3-4-21-20(10-18)19-5-7-27-13-16(19)11-23-21/h3-4,10-12,14-15,17H,5-9,13H2,1-2H3. The maximum Gasteiger partial charge on any atom is 0.141 e. The summed E-state index contributed by atoms with van der Waals surface area (Å²) >= 11 is 2.04. The topological polar surface area (TPSA) is 62.1 Å². The lowest BCUT2D eigenvalue weighted by atomic mass is 10.00. The largest absolute Gasteiger partial charge is 0.484 e. The molecule has 152 valence electrons. The fraction of sp³-hybridized carbons (Fsp3) is 0.500. The molecule has 3 unspecified atom stereocenters. The number of benzene rings is 1. The van der Waals surface area contributed by atoms with E-state index in [1.807, 2.05) is 41.7 Å². The first-order chi connectivity index (χ1) is 14.2. The Morgan fingerprint density at radius 2 is 2.28 bits per heavy atom. The molecule has 0 bridgehead atoms. The van der Waals surface area contributed by atoms with E-state index in [2.05, 4.69) is 34.5 Å². The molecule has 2 aliphatic heterocycles.